The minimum Gasteiger partial charge on any atom is -0.491 e. The Balaban J connectivity index is 1.12. The first-order valence-electron chi connectivity index (χ1n) is 10.2. The predicted octanol–water partition coefficient (Wildman–Crippen LogP) is 2.67. The van der Waals surface area contributed by atoms with E-state index in [1.54, 1.807) is 48.5 Å². The van der Waals surface area contributed by atoms with E-state index >= 15 is 0 Å². The van der Waals surface area contributed by atoms with Crippen molar-refractivity contribution in [2.24, 2.45) is 0 Å². The topological polar surface area (TPSA) is 122 Å². The second kappa shape index (κ2) is 9.31. The molecule has 0 amide bonds. The van der Waals surface area contributed by atoms with Crippen LogP contribution in [0.5, 0.6) is 23.0 Å². The molecule has 0 spiro atoms. The maximum atomic E-state index is 12.3. The van der Waals surface area contributed by atoms with Gasteiger partial charge in [-0.3, -0.25) is 0 Å². The highest BCUT2D eigenvalue weighted by atomic mass is 16.6. The van der Waals surface area contributed by atoms with E-state index in [2.05, 4.69) is 4.98 Å². The molecule has 2 unspecified atom stereocenters. The van der Waals surface area contributed by atoms with E-state index < -0.39 is 11.9 Å². The number of ether oxygens (including phenoxy) is 6. The molecule has 10 nitrogen and oxygen atoms in total. The van der Waals surface area contributed by atoms with Crippen molar-refractivity contribution in [3.8, 4) is 23.0 Å². The standard InChI is InChI=1S/C23H19NO9/c25-22(31-16-5-1-14(2-6-16)27-10-18-12-29-18)20-9-24-21(33-20)23(26)32-17-7-3-15(4-8-17)28-11-19-13-30-19/h1-9,18-19H,10-13H2. The number of benzene rings is 2. The molecule has 170 valence electrons. The van der Waals surface area contributed by atoms with Crippen LogP contribution in [0.2, 0.25) is 0 Å². The van der Waals surface area contributed by atoms with E-state index in [0.717, 1.165) is 6.20 Å². The summed E-state index contributed by atoms with van der Waals surface area (Å²) in [6.07, 6.45) is 1.40. The lowest BCUT2D eigenvalue weighted by molar-refractivity contribution is 0.0666. The third-order valence-electron chi connectivity index (χ3n) is 4.63. The third kappa shape index (κ3) is 5.88. The highest BCUT2D eigenvalue weighted by Gasteiger charge is 2.24. The first-order chi connectivity index (χ1) is 16.1. The molecule has 3 heterocycles. The molecule has 3 aromatic rings. The van der Waals surface area contributed by atoms with Gasteiger partial charge in [-0.05, 0) is 48.5 Å². The molecule has 0 N–H and O–H groups in total. The Morgan fingerprint density at radius 2 is 1.21 bits per heavy atom. The normalized spacial score (nSPS) is 18.3. The summed E-state index contributed by atoms with van der Waals surface area (Å²) in [5.74, 6) is -0.454. The van der Waals surface area contributed by atoms with Crippen LogP contribution in [0.4, 0.5) is 0 Å². The van der Waals surface area contributed by atoms with Crippen LogP contribution in [0.15, 0.2) is 59.1 Å². The number of hydrogen-bond donors (Lipinski definition) is 0. The van der Waals surface area contributed by atoms with Crippen LogP contribution in [-0.2, 0) is 9.47 Å². The number of oxazole rings is 1. The van der Waals surface area contributed by atoms with Gasteiger partial charge in [-0.25, -0.2) is 14.6 Å². The summed E-state index contributed by atoms with van der Waals surface area (Å²) < 4.78 is 36.9. The second-order valence-electron chi connectivity index (χ2n) is 7.28. The number of carbonyl (C=O) groups is 2. The van der Waals surface area contributed by atoms with E-state index in [1.165, 1.54) is 0 Å². The number of rotatable bonds is 10. The fourth-order valence-electron chi connectivity index (χ4n) is 2.69. The number of aromatic nitrogens is 1. The van der Waals surface area contributed by atoms with E-state index in [4.69, 9.17) is 32.8 Å². The van der Waals surface area contributed by atoms with Crippen molar-refractivity contribution in [3.63, 3.8) is 0 Å². The van der Waals surface area contributed by atoms with E-state index in [9.17, 15) is 9.59 Å². The van der Waals surface area contributed by atoms with Gasteiger partial charge in [-0.1, -0.05) is 0 Å². The Hall–Kier alpha value is -3.89. The first-order valence-corrected chi connectivity index (χ1v) is 10.2. The van der Waals surface area contributed by atoms with Crippen molar-refractivity contribution >= 4 is 11.9 Å². The molecular formula is C23H19NO9. The van der Waals surface area contributed by atoms with Crippen LogP contribution in [0.1, 0.15) is 21.2 Å². The Morgan fingerprint density at radius 1 is 0.758 bits per heavy atom. The summed E-state index contributed by atoms with van der Waals surface area (Å²) >= 11 is 0. The molecule has 0 saturated carbocycles. The van der Waals surface area contributed by atoms with Gasteiger partial charge in [0.05, 0.1) is 19.4 Å². The van der Waals surface area contributed by atoms with Gasteiger partial charge in [0.15, 0.2) is 0 Å². The fourth-order valence-corrected chi connectivity index (χ4v) is 2.69. The molecule has 0 bridgehead atoms. The van der Waals surface area contributed by atoms with Crippen molar-refractivity contribution in [1.82, 2.24) is 4.98 Å². The number of hydrogen-bond acceptors (Lipinski definition) is 10. The minimum absolute atomic E-state index is 0.147. The Labute approximate surface area is 187 Å². The molecular weight excluding hydrogens is 434 g/mol. The molecule has 5 rings (SSSR count). The minimum atomic E-state index is -0.852. The van der Waals surface area contributed by atoms with E-state index in [-0.39, 0.29) is 35.4 Å². The largest absolute Gasteiger partial charge is 0.491 e. The average Bonchev–Trinajstić information content (AvgIpc) is 3.77. The lowest BCUT2D eigenvalue weighted by Crippen LogP contribution is -2.10. The van der Waals surface area contributed by atoms with Gasteiger partial charge >= 0.3 is 17.8 Å². The Morgan fingerprint density at radius 3 is 1.70 bits per heavy atom. The molecule has 0 aliphatic carbocycles. The van der Waals surface area contributed by atoms with Crippen molar-refractivity contribution in [2.45, 2.75) is 12.2 Å². The molecule has 33 heavy (non-hydrogen) atoms. The van der Waals surface area contributed by atoms with Gasteiger partial charge in [0.25, 0.3) is 0 Å². The molecule has 0 radical (unpaired) electrons. The summed E-state index contributed by atoms with van der Waals surface area (Å²) in [7, 11) is 0. The lowest BCUT2D eigenvalue weighted by atomic mass is 10.3. The molecule has 2 atom stereocenters. The van der Waals surface area contributed by atoms with E-state index in [0.29, 0.717) is 37.9 Å². The molecule has 1 aromatic heterocycles. The molecule has 10 heteroatoms. The highest BCUT2D eigenvalue weighted by Crippen LogP contribution is 2.22. The highest BCUT2D eigenvalue weighted by molar-refractivity contribution is 5.90. The Kier molecular flexibility index (Phi) is 5.92. The summed E-state index contributed by atoms with van der Waals surface area (Å²) in [6, 6.07) is 13.0. The summed E-state index contributed by atoms with van der Waals surface area (Å²) in [4.78, 5) is 28.4. The van der Waals surface area contributed by atoms with Gasteiger partial charge in [0, 0.05) is 0 Å². The number of nitrogens with zero attached hydrogens (tertiary/aromatic N) is 1. The van der Waals surface area contributed by atoms with E-state index in [1.807, 2.05) is 0 Å². The lowest BCUT2D eigenvalue weighted by Gasteiger charge is -2.06. The van der Waals surface area contributed by atoms with Crippen LogP contribution in [-0.4, -0.2) is 55.6 Å². The molecule has 2 aromatic carbocycles. The second-order valence-corrected chi connectivity index (χ2v) is 7.28. The van der Waals surface area contributed by atoms with Crippen LogP contribution >= 0.6 is 0 Å². The Bertz CT molecular complexity index is 1030. The van der Waals surface area contributed by atoms with Gasteiger partial charge in [-0.15, -0.1) is 0 Å². The quantitative estimate of drug-likeness (QED) is 0.257. The van der Waals surface area contributed by atoms with Crippen molar-refractivity contribution in [2.75, 3.05) is 26.4 Å². The summed E-state index contributed by atoms with van der Waals surface area (Å²) in [5.41, 5.74) is 0. The average molecular weight is 453 g/mol. The number of carbonyl (C=O) groups excluding carboxylic acids is 2. The molecule has 2 aliphatic rings. The van der Waals surface area contributed by atoms with Gasteiger partial charge in [-0.2, -0.15) is 0 Å². The summed E-state index contributed by atoms with van der Waals surface area (Å²) in [5, 5.41) is 0. The number of esters is 2. The van der Waals surface area contributed by atoms with Crippen LogP contribution in [0, 0.1) is 0 Å². The molecule has 2 saturated heterocycles. The zero-order chi connectivity index (χ0) is 22.6. The molecule has 2 fully saturated rings. The zero-order valence-electron chi connectivity index (χ0n) is 17.3. The summed E-state index contributed by atoms with van der Waals surface area (Å²) in [6.45, 7) is 2.37. The molecule has 2 aliphatic heterocycles. The maximum Gasteiger partial charge on any atom is 0.400 e. The van der Waals surface area contributed by atoms with Gasteiger partial charge < -0.3 is 32.8 Å². The third-order valence-corrected chi connectivity index (χ3v) is 4.63. The number of epoxide rings is 2. The first kappa shape index (κ1) is 21.0. The van der Waals surface area contributed by atoms with Gasteiger partial charge in [0.2, 0.25) is 5.76 Å². The smallest absolute Gasteiger partial charge is 0.400 e. The van der Waals surface area contributed by atoms with Crippen molar-refractivity contribution < 1.29 is 42.4 Å². The van der Waals surface area contributed by atoms with Crippen LogP contribution in [0.3, 0.4) is 0 Å². The van der Waals surface area contributed by atoms with Crippen LogP contribution in [0.25, 0.3) is 0 Å². The maximum absolute atomic E-state index is 12.3. The SMILES string of the molecule is O=C(Oc1ccc(OCC2CO2)cc1)c1cnc(C(=O)Oc2ccc(OCC3CO3)cc2)o1. The van der Waals surface area contributed by atoms with Crippen molar-refractivity contribution in [1.29, 1.82) is 0 Å². The van der Waals surface area contributed by atoms with Crippen LogP contribution < -0.4 is 18.9 Å². The monoisotopic (exact) mass is 453 g/mol. The fraction of sp³-hybridized carbons (Fsp3) is 0.261. The van der Waals surface area contributed by atoms with Gasteiger partial charge in [0.1, 0.15) is 48.4 Å². The van der Waals surface area contributed by atoms with Crippen molar-refractivity contribution in [3.05, 3.63) is 66.4 Å². The zero-order valence-corrected chi connectivity index (χ0v) is 17.3. The predicted molar refractivity (Wildman–Crippen MR) is 110 cm³/mol.